The topological polar surface area (TPSA) is 67.6 Å². The molecule has 0 spiro atoms. The lowest BCUT2D eigenvalue weighted by atomic mass is 9.87. The summed E-state index contributed by atoms with van der Waals surface area (Å²) in [5.41, 5.74) is 6.38. The largest absolute Gasteiger partial charge is 0.492 e. The highest BCUT2D eigenvalue weighted by Crippen LogP contribution is 2.20. The highest BCUT2D eigenvalue weighted by atomic mass is 16.5. The van der Waals surface area contributed by atoms with Gasteiger partial charge in [0.15, 0.2) is 0 Å². The van der Waals surface area contributed by atoms with Crippen molar-refractivity contribution in [2.75, 3.05) is 32.6 Å². The molecule has 1 aromatic carbocycles. The number of benzene rings is 1. The van der Waals surface area contributed by atoms with Crippen LogP contribution in [0.25, 0.3) is 0 Å². The Labute approximate surface area is 127 Å². The highest BCUT2D eigenvalue weighted by molar-refractivity contribution is 5.95. The van der Waals surface area contributed by atoms with E-state index in [0.29, 0.717) is 6.61 Å². The molecule has 0 aliphatic carbocycles. The molecule has 0 unspecified atom stereocenters. The summed E-state index contributed by atoms with van der Waals surface area (Å²) in [6.45, 7) is 7.32. The van der Waals surface area contributed by atoms with Crippen molar-refractivity contribution in [3.63, 3.8) is 0 Å². The van der Waals surface area contributed by atoms with E-state index in [-0.39, 0.29) is 11.3 Å². The summed E-state index contributed by atoms with van der Waals surface area (Å²) in [6, 6.07) is 6.77. The number of ether oxygens (including phenoxy) is 1. The van der Waals surface area contributed by atoms with Gasteiger partial charge in [-0.3, -0.25) is 4.79 Å². The van der Waals surface area contributed by atoms with Gasteiger partial charge in [-0.2, -0.15) is 0 Å². The van der Waals surface area contributed by atoms with E-state index in [0.717, 1.165) is 18.0 Å². The summed E-state index contributed by atoms with van der Waals surface area (Å²) in [4.78, 5) is 14.1. The number of anilines is 1. The van der Waals surface area contributed by atoms with E-state index in [9.17, 15) is 4.79 Å². The van der Waals surface area contributed by atoms with Gasteiger partial charge in [-0.25, -0.2) is 0 Å². The zero-order valence-electron chi connectivity index (χ0n) is 13.6. The number of nitrogens with one attached hydrogen (secondary N) is 1. The van der Waals surface area contributed by atoms with Crippen LogP contribution in [0.15, 0.2) is 24.3 Å². The Morgan fingerprint density at radius 2 is 1.86 bits per heavy atom. The molecule has 0 fully saturated rings. The second kappa shape index (κ2) is 7.43. The highest BCUT2D eigenvalue weighted by Gasteiger charge is 2.27. The zero-order chi connectivity index (χ0) is 16.0. The molecule has 0 bridgehead atoms. The van der Waals surface area contributed by atoms with E-state index in [2.05, 4.69) is 10.2 Å². The summed E-state index contributed by atoms with van der Waals surface area (Å²) in [5.74, 6) is 0.610. The normalized spacial score (nSPS) is 13.1. The molecule has 21 heavy (non-hydrogen) atoms. The predicted molar refractivity (Wildman–Crippen MR) is 86.6 cm³/mol. The number of likely N-dealkylation sites (N-methyl/N-ethyl adjacent to an activating group) is 1. The summed E-state index contributed by atoms with van der Waals surface area (Å²) >= 11 is 0. The summed E-state index contributed by atoms with van der Waals surface area (Å²) in [7, 11) is 4.00. The second-order valence-corrected chi connectivity index (χ2v) is 6.51. The molecule has 5 nitrogen and oxygen atoms in total. The Morgan fingerprint density at radius 3 is 2.33 bits per heavy atom. The second-order valence-electron chi connectivity index (χ2n) is 6.51. The lowest BCUT2D eigenvalue weighted by molar-refractivity contribution is -0.119. The molecule has 1 atom stereocenters. The average Bonchev–Trinajstić information content (AvgIpc) is 2.38. The Morgan fingerprint density at radius 1 is 1.29 bits per heavy atom. The smallest absolute Gasteiger partial charge is 0.241 e. The molecule has 0 radical (unpaired) electrons. The maximum atomic E-state index is 12.0. The van der Waals surface area contributed by atoms with E-state index in [4.69, 9.17) is 10.5 Å². The Balaban J connectivity index is 2.53. The predicted octanol–water partition coefficient (Wildman–Crippen LogP) is 1.94. The van der Waals surface area contributed by atoms with E-state index in [1.54, 1.807) is 0 Å². The molecule has 1 rings (SSSR count). The molecule has 0 aliphatic rings. The van der Waals surface area contributed by atoms with Gasteiger partial charge >= 0.3 is 0 Å². The van der Waals surface area contributed by atoms with Crippen molar-refractivity contribution < 1.29 is 9.53 Å². The number of nitrogens with zero attached hydrogens (tertiary/aromatic N) is 1. The van der Waals surface area contributed by atoms with Crippen LogP contribution in [0.5, 0.6) is 5.75 Å². The van der Waals surface area contributed by atoms with Gasteiger partial charge in [-0.05, 0) is 43.8 Å². The van der Waals surface area contributed by atoms with Gasteiger partial charge in [0, 0.05) is 12.2 Å². The first-order valence-corrected chi connectivity index (χ1v) is 7.14. The third-order valence-electron chi connectivity index (χ3n) is 3.14. The molecule has 118 valence electrons. The van der Waals surface area contributed by atoms with Gasteiger partial charge in [0.05, 0.1) is 6.04 Å². The summed E-state index contributed by atoms with van der Waals surface area (Å²) < 4.78 is 5.60. The van der Waals surface area contributed by atoms with Crippen LogP contribution in [-0.2, 0) is 4.79 Å². The molecule has 0 heterocycles. The minimum Gasteiger partial charge on any atom is -0.492 e. The van der Waals surface area contributed by atoms with Crippen LogP contribution in [0.1, 0.15) is 20.8 Å². The van der Waals surface area contributed by atoms with E-state index in [1.807, 2.05) is 59.1 Å². The molecule has 5 heteroatoms. The maximum absolute atomic E-state index is 12.0. The number of carbonyl (C=O) groups is 1. The lowest BCUT2D eigenvalue weighted by Gasteiger charge is -2.25. The van der Waals surface area contributed by atoms with Crippen molar-refractivity contribution >= 4 is 11.6 Å². The first kappa shape index (κ1) is 17.5. The molecular formula is C16H27N3O2. The molecule has 1 amide bonds. The van der Waals surface area contributed by atoms with Gasteiger partial charge in [-0.15, -0.1) is 0 Å². The molecule has 0 aliphatic heterocycles. The zero-order valence-corrected chi connectivity index (χ0v) is 13.6. The lowest BCUT2D eigenvalue weighted by Crippen LogP contribution is -2.45. The Hall–Kier alpha value is -1.59. The van der Waals surface area contributed by atoms with Crippen molar-refractivity contribution in [2.45, 2.75) is 26.8 Å². The number of carbonyl (C=O) groups excluding carboxylic acids is 1. The van der Waals surface area contributed by atoms with Crippen molar-refractivity contribution in [1.82, 2.24) is 4.90 Å². The standard InChI is InChI=1S/C16H27N3O2/c1-16(2,3)14(17)15(20)18-12-6-8-13(9-7-12)21-11-10-19(4)5/h6-9,14H,10-11,17H2,1-5H3,(H,18,20)/t14-/m0/s1. The first-order chi connectivity index (χ1) is 9.70. The van der Waals surface area contributed by atoms with Crippen LogP contribution in [-0.4, -0.2) is 44.1 Å². The van der Waals surface area contributed by atoms with Crippen molar-refractivity contribution in [1.29, 1.82) is 0 Å². The van der Waals surface area contributed by atoms with Crippen molar-refractivity contribution in [3.05, 3.63) is 24.3 Å². The van der Waals surface area contributed by atoms with Crippen molar-refractivity contribution in [2.24, 2.45) is 11.1 Å². The molecule has 3 N–H and O–H groups in total. The number of hydrogen-bond acceptors (Lipinski definition) is 4. The van der Waals surface area contributed by atoms with E-state index in [1.165, 1.54) is 0 Å². The van der Waals surface area contributed by atoms with Gasteiger partial charge in [0.1, 0.15) is 12.4 Å². The monoisotopic (exact) mass is 293 g/mol. The van der Waals surface area contributed by atoms with Crippen LogP contribution in [0.3, 0.4) is 0 Å². The van der Waals surface area contributed by atoms with Gasteiger partial charge in [0.2, 0.25) is 5.91 Å². The van der Waals surface area contributed by atoms with Crippen LogP contribution >= 0.6 is 0 Å². The quantitative estimate of drug-likeness (QED) is 0.841. The number of rotatable bonds is 6. The molecule has 0 aromatic heterocycles. The van der Waals surface area contributed by atoms with Gasteiger partial charge < -0.3 is 20.7 Å². The van der Waals surface area contributed by atoms with E-state index >= 15 is 0 Å². The van der Waals surface area contributed by atoms with Crippen LogP contribution in [0.2, 0.25) is 0 Å². The van der Waals surface area contributed by atoms with Crippen LogP contribution < -0.4 is 15.8 Å². The third kappa shape index (κ3) is 6.14. The minimum atomic E-state index is -0.548. The Kier molecular flexibility index (Phi) is 6.18. The minimum absolute atomic E-state index is 0.177. The molecule has 0 saturated heterocycles. The van der Waals surface area contributed by atoms with Gasteiger partial charge in [0.25, 0.3) is 0 Å². The fraction of sp³-hybridized carbons (Fsp3) is 0.562. The Bertz CT molecular complexity index is 450. The van der Waals surface area contributed by atoms with E-state index < -0.39 is 6.04 Å². The maximum Gasteiger partial charge on any atom is 0.241 e. The summed E-state index contributed by atoms with van der Waals surface area (Å²) in [5, 5.41) is 2.82. The fourth-order valence-corrected chi connectivity index (χ4v) is 1.59. The van der Waals surface area contributed by atoms with Crippen LogP contribution in [0, 0.1) is 5.41 Å². The fourth-order valence-electron chi connectivity index (χ4n) is 1.59. The average molecular weight is 293 g/mol. The number of hydrogen-bond donors (Lipinski definition) is 2. The number of nitrogens with two attached hydrogens (primary N) is 1. The summed E-state index contributed by atoms with van der Waals surface area (Å²) in [6.07, 6.45) is 0. The SMILES string of the molecule is CN(C)CCOc1ccc(NC(=O)[C@H](N)C(C)(C)C)cc1. The molecular weight excluding hydrogens is 266 g/mol. The molecule has 0 saturated carbocycles. The first-order valence-electron chi connectivity index (χ1n) is 7.14. The van der Waals surface area contributed by atoms with Gasteiger partial charge in [-0.1, -0.05) is 20.8 Å². The van der Waals surface area contributed by atoms with Crippen molar-refractivity contribution in [3.8, 4) is 5.75 Å². The third-order valence-corrected chi connectivity index (χ3v) is 3.14. The number of amides is 1. The van der Waals surface area contributed by atoms with Crippen LogP contribution in [0.4, 0.5) is 5.69 Å². The molecule has 1 aromatic rings.